The Labute approximate surface area is 142 Å². The zero-order valence-corrected chi connectivity index (χ0v) is 13.7. The van der Waals surface area contributed by atoms with Gasteiger partial charge in [0.05, 0.1) is 17.5 Å². The number of rotatable bonds is 3. The Bertz CT molecular complexity index is 1020. The molecular formula is C18H15N3O4. The van der Waals surface area contributed by atoms with Crippen molar-refractivity contribution in [2.45, 2.75) is 25.8 Å². The molecule has 0 atom stereocenters. The summed E-state index contributed by atoms with van der Waals surface area (Å²) in [6.07, 6.45) is 2.93. The number of esters is 1. The molecule has 2 aromatic carbocycles. The number of carbonyl (C=O) groups is 2. The van der Waals surface area contributed by atoms with E-state index in [4.69, 9.17) is 4.74 Å². The molecule has 7 heteroatoms. The van der Waals surface area contributed by atoms with Crippen LogP contribution in [0.15, 0.2) is 36.9 Å². The number of benzene rings is 2. The number of nitrogens with zero attached hydrogens (tertiary/aromatic N) is 3. The quantitative estimate of drug-likeness (QED) is 0.582. The number of carboxylic acids is 1. The molecule has 4 rings (SSSR count). The van der Waals surface area contributed by atoms with E-state index < -0.39 is 11.4 Å². The van der Waals surface area contributed by atoms with Crippen molar-refractivity contribution < 1.29 is 19.4 Å². The number of aromatic nitrogens is 3. The van der Waals surface area contributed by atoms with Gasteiger partial charge in [0.2, 0.25) is 0 Å². The number of ether oxygens (including phenoxy) is 1. The third-order valence-corrected chi connectivity index (χ3v) is 4.57. The Morgan fingerprint density at radius 1 is 1.32 bits per heavy atom. The van der Waals surface area contributed by atoms with Crippen LogP contribution in [0.3, 0.4) is 0 Å². The first-order valence-corrected chi connectivity index (χ1v) is 7.76. The number of carboxylic acid groups (broad SMARTS) is 1. The fourth-order valence-corrected chi connectivity index (χ4v) is 3.28. The van der Waals surface area contributed by atoms with Crippen LogP contribution in [0.2, 0.25) is 0 Å². The van der Waals surface area contributed by atoms with Gasteiger partial charge >= 0.3 is 11.9 Å². The third-order valence-electron chi connectivity index (χ3n) is 4.57. The van der Waals surface area contributed by atoms with Gasteiger partial charge in [-0.3, -0.25) is 4.79 Å². The smallest absolute Gasteiger partial charge is 0.336 e. The van der Waals surface area contributed by atoms with Crippen LogP contribution < -0.4 is 4.74 Å². The summed E-state index contributed by atoms with van der Waals surface area (Å²) in [7, 11) is 0. The van der Waals surface area contributed by atoms with E-state index in [1.807, 2.05) is 19.9 Å². The summed E-state index contributed by atoms with van der Waals surface area (Å²) in [5.74, 6) is -0.795. The molecule has 25 heavy (non-hydrogen) atoms. The third kappa shape index (κ3) is 2.27. The molecule has 0 aliphatic carbocycles. The number of aromatic carboxylic acids is 1. The van der Waals surface area contributed by atoms with E-state index in [1.165, 1.54) is 12.7 Å². The molecule has 126 valence electrons. The fraction of sp³-hybridized carbons (Fsp3) is 0.222. The van der Waals surface area contributed by atoms with Gasteiger partial charge in [-0.25, -0.2) is 14.5 Å². The monoisotopic (exact) mass is 337 g/mol. The van der Waals surface area contributed by atoms with Crippen LogP contribution in [-0.2, 0) is 16.8 Å². The number of hydrogen-bond acceptors (Lipinski definition) is 5. The van der Waals surface area contributed by atoms with Crippen LogP contribution in [0.4, 0.5) is 0 Å². The summed E-state index contributed by atoms with van der Waals surface area (Å²) in [4.78, 5) is 27.7. The average molecular weight is 337 g/mol. The molecule has 1 aliphatic heterocycles. The van der Waals surface area contributed by atoms with E-state index in [0.717, 1.165) is 16.3 Å². The van der Waals surface area contributed by atoms with Crippen LogP contribution in [0, 0.1) is 0 Å². The summed E-state index contributed by atoms with van der Waals surface area (Å²) in [6.45, 7) is 3.89. The molecule has 0 amide bonds. The Hall–Kier alpha value is -3.22. The van der Waals surface area contributed by atoms with Gasteiger partial charge in [0.1, 0.15) is 18.4 Å². The molecule has 0 saturated carbocycles. The maximum absolute atomic E-state index is 12.2. The summed E-state index contributed by atoms with van der Waals surface area (Å²) < 4.78 is 6.93. The van der Waals surface area contributed by atoms with Gasteiger partial charge in [0.25, 0.3) is 0 Å². The highest BCUT2D eigenvalue weighted by atomic mass is 16.5. The topological polar surface area (TPSA) is 94.3 Å². The molecule has 2 heterocycles. The lowest BCUT2D eigenvalue weighted by molar-refractivity contribution is -0.137. The lowest BCUT2D eigenvalue weighted by Crippen LogP contribution is -2.26. The Kier molecular flexibility index (Phi) is 3.15. The highest BCUT2D eigenvalue weighted by Crippen LogP contribution is 2.44. The van der Waals surface area contributed by atoms with Crippen LogP contribution >= 0.6 is 0 Å². The van der Waals surface area contributed by atoms with Crippen LogP contribution in [0.25, 0.3) is 10.8 Å². The predicted octanol–water partition coefficient (Wildman–Crippen LogP) is 2.37. The van der Waals surface area contributed by atoms with E-state index in [0.29, 0.717) is 11.3 Å². The standard InChI is InChI=1S/C18H15N3O4/c1-18(2)15-12-6-11(7-21-9-19-8-20-21)13(16(22)23)5-10(12)3-4-14(15)25-17(18)24/h3-6,8-9H,7H2,1-2H3,(H,22,23). The van der Waals surface area contributed by atoms with Gasteiger partial charge < -0.3 is 9.84 Å². The van der Waals surface area contributed by atoms with E-state index in [9.17, 15) is 14.7 Å². The molecule has 0 unspecified atom stereocenters. The Morgan fingerprint density at radius 2 is 2.12 bits per heavy atom. The van der Waals surface area contributed by atoms with E-state index >= 15 is 0 Å². The number of hydrogen-bond donors (Lipinski definition) is 1. The van der Waals surface area contributed by atoms with Crippen LogP contribution in [0.5, 0.6) is 5.75 Å². The summed E-state index contributed by atoms with van der Waals surface area (Å²) in [5.41, 5.74) is 0.788. The van der Waals surface area contributed by atoms with E-state index in [2.05, 4.69) is 10.1 Å². The molecule has 1 aromatic heterocycles. The maximum Gasteiger partial charge on any atom is 0.336 e. The maximum atomic E-state index is 12.2. The van der Waals surface area contributed by atoms with Crippen molar-refractivity contribution in [2.24, 2.45) is 0 Å². The van der Waals surface area contributed by atoms with Crippen molar-refractivity contribution in [3.05, 3.63) is 53.6 Å². The lowest BCUT2D eigenvalue weighted by atomic mass is 9.82. The van der Waals surface area contributed by atoms with E-state index in [-0.39, 0.29) is 18.1 Å². The molecule has 1 aliphatic rings. The molecule has 7 nitrogen and oxygen atoms in total. The van der Waals surface area contributed by atoms with Crippen molar-refractivity contribution in [1.29, 1.82) is 0 Å². The predicted molar refractivity (Wildman–Crippen MR) is 88.7 cm³/mol. The number of carbonyl (C=O) groups excluding carboxylic acids is 1. The van der Waals surface area contributed by atoms with Crippen molar-refractivity contribution in [3.63, 3.8) is 0 Å². The summed E-state index contributed by atoms with van der Waals surface area (Å²) in [6, 6.07) is 6.92. The van der Waals surface area contributed by atoms with Crippen molar-refractivity contribution in [3.8, 4) is 5.75 Å². The lowest BCUT2D eigenvalue weighted by Gasteiger charge is -2.17. The first-order chi connectivity index (χ1) is 11.9. The normalized spacial score (nSPS) is 15.2. The molecule has 0 radical (unpaired) electrons. The van der Waals surface area contributed by atoms with Gasteiger partial charge in [0.15, 0.2) is 0 Å². The average Bonchev–Trinajstić information content (AvgIpc) is 3.13. The molecule has 0 bridgehead atoms. The van der Waals surface area contributed by atoms with E-state index in [1.54, 1.807) is 22.9 Å². The second-order valence-electron chi connectivity index (χ2n) is 6.58. The number of fused-ring (bicyclic) bond motifs is 3. The SMILES string of the molecule is CC1(C)C(=O)Oc2ccc3cc(C(=O)O)c(Cn4cncn4)cc3c21. The zero-order chi connectivity index (χ0) is 17.8. The Morgan fingerprint density at radius 3 is 2.80 bits per heavy atom. The molecule has 0 fully saturated rings. The zero-order valence-electron chi connectivity index (χ0n) is 13.7. The molecule has 3 aromatic rings. The Balaban J connectivity index is 1.98. The van der Waals surface area contributed by atoms with Gasteiger partial charge in [-0.1, -0.05) is 6.07 Å². The largest absolute Gasteiger partial charge is 0.478 e. The molecule has 0 saturated heterocycles. The second kappa shape index (κ2) is 5.14. The fourth-order valence-electron chi connectivity index (χ4n) is 3.28. The van der Waals surface area contributed by atoms with Crippen molar-refractivity contribution >= 4 is 22.7 Å². The minimum Gasteiger partial charge on any atom is -0.478 e. The highest BCUT2D eigenvalue weighted by molar-refractivity contribution is 6.03. The van der Waals surface area contributed by atoms with Gasteiger partial charge in [0, 0.05) is 5.56 Å². The van der Waals surface area contributed by atoms with Crippen LogP contribution in [-0.4, -0.2) is 31.8 Å². The van der Waals surface area contributed by atoms with Gasteiger partial charge in [-0.15, -0.1) is 0 Å². The first kappa shape index (κ1) is 15.3. The van der Waals surface area contributed by atoms with Gasteiger partial charge in [-0.2, -0.15) is 5.10 Å². The molecule has 0 spiro atoms. The van der Waals surface area contributed by atoms with Crippen molar-refractivity contribution in [1.82, 2.24) is 14.8 Å². The molecule has 1 N–H and O–H groups in total. The summed E-state index contributed by atoms with van der Waals surface area (Å²) in [5, 5.41) is 15.2. The van der Waals surface area contributed by atoms with Gasteiger partial charge in [-0.05, 0) is 48.4 Å². The minimum atomic E-state index is -1.01. The molecular weight excluding hydrogens is 322 g/mol. The highest BCUT2D eigenvalue weighted by Gasteiger charge is 2.42. The second-order valence-corrected chi connectivity index (χ2v) is 6.58. The minimum absolute atomic E-state index is 0.200. The first-order valence-electron chi connectivity index (χ1n) is 7.76. The summed E-state index contributed by atoms with van der Waals surface area (Å²) >= 11 is 0. The van der Waals surface area contributed by atoms with Crippen molar-refractivity contribution in [2.75, 3.05) is 0 Å². The van der Waals surface area contributed by atoms with Crippen LogP contribution in [0.1, 0.15) is 35.3 Å².